The Morgan fingerprint density at radius 3 is 2.53 bits per heavy atom. The number of rotatable bonds is 10. The van der Waals surface area contributed by atoms with Crippen LogP contribution >= 0.6 is 11.3 Å². The van der Waals surface area contributed by atoms with E-state index in [4.69, 9.17) is 21.7 Å². The standard InChI is InChI=1S/C18H25N9O9S2/c1-18(2,15(31)32)36-25-10(8-6-37-17(21)23-8)12(28)24-11-9(27(14(11)30)38(33,34)35)5-26-4-3-7(13(26)29)22-16(19)20/h6-7,9,11H,3-5H2,1-2H3,(H2,21,23)(H,24,28)(H,31,32)(H4,19,20,22)(H,33,34,35)/t7-,9+,11+/m1/s1. The number of hydrogen-bond acceptors (Lipinski definition) is 12. The first-order valence-electron chi connectivity index (χ1n) is 10.7. The van der Waals surface area contributed by atoms with Gasteiger partial charge in [-0.1, -0.05) is 5.16 Å². The minimum Gasteiger partial charge on any atom is -0.478 e. The first kappa shape index (κ1) is 28.5. The zero-order valence-corrected chi connectivity index (χ0v) is 21.6. The molecule has 3 amide bonds. The highest BCUT2D eigenvalue weighted by Crippen LogP contribution is 2.27. The monoisotopic (exact) mass is 575 g/mol. The van der Waals surface area contributed by atoms with E-state index in [-0.39, 0.29) is 28.1 Å². The van der Waals surface area contributed by atoms with Gasteiger partial charge in [-0.25, -0.2) is 14.1 Å². The summed E-state index contributed by atoms with van der Waals surface area (Å²) >= 11 is 0.931. The second kappa shape index (κ2) is 10.4. The normalized spacial score (nSPS) is 22.2. The molecule has 9 N–H and O–H groups in total. The van der Waals surface area contributed by atoms with E-state index >= 15 is 0 Å². The number of nitrogens with one attached hydrogen (secondary N) is 3. The van der Waals surface area contributed by atoms with Gasteiger partial charge in [0.15, 0.2) is 16.8 Å². The maximum Gasteiger partial charge on any atom is 0.362 e. The van der Waals surface area contributed by atoms with E-state index in [9.17, 15) is 37.3 Å². The van der Waals surface area contributed by atoms with Gasteiger partial charge in [-0.15, -0.1) is 11.3 Å². The molecule has 2 aliphatic heterocycles. The molecule has 20 heteroatoms. The fraction of sp³-hybridized carbons (Fsp3) is 0.500. The molecule has 0 aliphatic carbocycles. The Balaban J connectivity index is 1.85. The highest BCUT2D eigenvalue weighted by molar-refractivity contribution is 7.84. The number of thiazole rings is 1. The molecule has 3 atom stereocenters. The van der Waals surface area contributed by atoms with Gasteiger partial charge in [0, 0.05) is 18.5 Å². The molecule has 3 heterocycles. The third kappa shape index (κ3) is 5.92. The van der Waals surface area contributed by atoms with Gasteiger partial charge < -0.3 is 36.9 Å². The van der Waals surface area contributed by atoms with E-state index in [1.54, 1.807) is 0 Å². The Morgan fingerprint density at radius 2 is 2.00 bits per heavy atom. The Kier molecular flexibility index (Phi) is 7.79. The third-order valence-electron chi connectivity index (χ3n) is 5.60. The smallest absolute Gasteiger partial charge is 0.362 e. The molecule has 3 rings (SSSR count). The molecule has 0 spiro atoms. The molecule has 0 bridgehead atoms. The van der Waals surface area contributed by atoms with Gasteiger partial charge in [0.2, 0.25) is 11.5 Å². The molecular formula is C18H25N9O9S2. The number of oxime groups is 1. The van der Waals surface area contributed by atoms with E-state index < -0.39 is 75.9 Å². The van der Waals surface area contributed by atoms with Crippen LogP contribution in [0.15, 0.2) is 10.5 Å². The van der Waals surface area contributed by atoms with Crippen LogP contribution in [0.3, 0.4) is 0 Å². The summed E-state index contributed by atoms with van der Waals surface area (Å²) in [4.78, 5) is 59.8. The number of nitrogens with two attached hydrogens (primary N) is 2. The number of carboxylic acids is 1. The molecule has 1 aromatic rings. The average molecular weight is 576 g/mol. The Morgan fingerprint density at radius 1 is 1.34 bits per heavy atom. The number of carbonyl (C=O) groups is 4. The van der Waals surface area contributed by atoms with Crippen LogP contribution in [-0.4, -0.2) is 104 Å². The SMILES string of the molecule is CC(C)(ON=C(C(=O)N[C@@H]1C(=O)N(S(=O)(=O)O)[C@H]1CN1CC[C@@H](NC(=N)N)C1=O)c1csc(N)n1)C(=O)O. The van der Waals surface area contributed by atoms with Crippen LogP contribution in [0.25, 0.3) is 0 Å². The topological polar surface area (TPSA) is 284 Å². The quantitative estimate of drug-likeness (QED) is 0.0479. The average Bonchev–Trinajstić information content (AvgIpc) is 3.36. The van der Waals surface area contributed by atoms with Gasteiger partial charge >= 0.3 is 16.3 Å². The summed E-state index contributed by atoms with van der Waals surface area (Å²) in [5, 5.41) is 26.2. The van der Waals surface area contributed by atoms with Crippen LogP contribution in [0.5, 0.6) is 0 Å². The first-order valence-corrected chi connectivity index (χ1v) is 13.0. The van der Waals surface area contributed by atoms with Gasteiger partial charge in [-0.3, -0.25) is 24.3 Å². The molecule has 208 valence electrons. The zero-order chi connectivity index (χ0) is 28.6. The second-order valence-electron chi connectivity index (χ2n) is 8.73. The lowest BCUT2D eigenvalue weighted by atomic mass is 9.97. The van der Waals surface area contributed by atoms with E-state index in [1.807, 2.05) is 0 Å². The molecule has 2 aliphatic rings. The highest BCUT2D eigenvalue weighted by atomic mass is 32.2. The summed E-state index contributed by atoms with van der Waals surface area (Å²) < 4.78 is 33.3. The van der Waals surface area contributed by atoms with Crippen LogP contribution in [0, 0.1) is 5.41 Å². The number of anilines is 1. The molecular weight excluding hydrogens is 550 g/mol. The van der Waals surface area contributed by atoms with Crippen LogP contribution in [0.1, 0.15) is 26.0 Å². The van der Waals surface area contributed by atoms with Crippen molar-refractivity contribution in [3.8, 4) is 0 Å². The summed E-state index contributed by atoms with van der Waals surface area (Å²) in [5.74, 6) is -4.68. The van der Waals surface area contributed by atoms with E-state index in [0.717, 1.165) is 11.3 Å². The fourth-order valence-electron chi connectivity index (χ4n) is 3.62. The van der Waals surface area contributed by atoms with Gasteiger partial charge in [0.25, 0.3) is 11.8 Å². The van der Waals surface area contributed by atoms with E-state index in [2.05, 4.69) is 20.8 Å². The molecule has 0 unspecified atom stereocenters. The van der Waals surface area contributed by atoms with Crippen molar-refractivity contribution in [1.82, 2.24) is 24.8 Å². The van der Waals surface area contributed by atoms with E-state index in [0.29, 0.717) is 0 Å². The van der Waals surface area contributed by atoms with Crippen LogP contribution in [0.2, 0.25) is 0 Å². The van der Waals surface area contributed by atoms with Gasteiger partial charge in [-0.2, -0.15) is 8.42 Å². The predicted molar refractivity (Wildman–Crippen MR) is 130 cm³/mol. The van der Waals surface area contributed by atoms with Crippen molar-refractivity contribution >= 4 is 62.1 Å². The second-order valence-corrected chi connectivity index (χ2v) is 10.9. The minimum atomic E-state index is -5.06. The van der Waals surface area contributed by atoms with Crippen molar-refractivity contribution in [3.05, 3.63) is 11.1 Å². The number of nitrogens with zero attached hydrogens (tertiary/aromatic N) is 4. The predicted octanol–water partition coefficient (Wildman–Crippen LogP) is -3.11. The van der Waals surface area contributed by atoms with Gasteiger partial charge in [-0.05, 0) is 20.3 Å². The number of aliphatic carboxylic acids is 1. The molecule has 2 saturated heterocycles. The number of likely N-dealkylation sites (tertiary alicyclic amines) is 1. The van der Waals surface area contributed by atoms with Crippen molar-refractivity contribution in [3.63, 3.8) is 0 Å². The van der Waals surface area contributed by atoms with Crippen LogP contribution in [-0.2, 0) is 34.3 Å². The minimum absolute atomic E-state index is 0.0365. The first-order chi connectivity index (χ1) is 17.5. The lowest BCUT2D eigenvalue weighted by molar-refractivity contribution is -0.161. The number of nitrogen functional groups attached to an aromatic ring is 1. The largest absolute Gasteiger partial charge is 0.478 e. The third-order valence-corrected chi connectivity index (χ3v) is 7.22. The summed E-state index contributed by atoms with van der Waals surface area (Å²) in [6, 6.07) is -3.79. The number of guanidine groups is 1. The van der Waals surface area contributed by atoms with Crippen LogP contribution in [0.4, 0.5) is 5.13 Å². The molecule has 0 saturated carbocycles. The van der Waals surface area contributed by atoms with Crippen molar-refractivity contribution in [2.45, 2.75) is 44.0 Å². The molecule has 0 radical (unpaired) electrons. The van der Waals surface area contributed by atoms with Gasteiger partial charge in [0.05, 0.1) is 6.04 Å². The Bertz CT molecular complexity index is 1310. The Hall–Kier alpha value is -4.04. The zero-order valence-electron chi connectivity index (χ0n) is 19.9. The molecule has 2 fully saturated rings. The van der Waals surface area contributed by atoms with Crippen molar-refractivity contribution in [2.75, 3.05) is 18.8 Å². The number of hydrogen-bond donors (Lipinski definition) is 7. The number of carbonyl (C=O) groups excluding carboxylic acids is 3. The number of aromatic nitrogens is 1. The highest BCUT2D eigenvalue weighted by Gasteiger charge is 2.55. The summed E-state index contributed by atoms with van der Waals surface area (Å²) in [6.07, 6.45) is 0.223. The molecule has 18 nitrogen and oxygen atoms in total. The van der Waals surface area contributed by atoms with Crippen molar-refractivity contribution in [2.24, 2.45) is 10.9 Å². The summed E-state index contributed by atoms with van der Waals surface area (Å²) in [7, 11) is -5.06. The summed E-state index contributed by atoms with van der Waals surface area (Å²) in [5.41, 5.74) is 8.33. The lowest BCUT2D eigenvalue weighted by Crippen LogP contribution is -2.74. The maximum absolute atomic E-state index is 13.1. The maximum atomic E-state index is 13.1. The summed E-state index contributed by atoms with van der Waals surface area (Å²) in [6.45, 7) is 2.04. The number of carboxylic acid groups (broad SMARTS) is 1. The molecule has 0 aromatic carbocycles. The van der Waals surface area contributed by atoms with Gasteiger partial charge in [0.1, 0.15) is 17.8 Å². The molecule has 38 heavy (non-hydrogen) atoms. The fourth-order valence-corrected chi connectivity index (χ4v) is 5.04. The Labute approximate surface area is 219 Å². The number of amides is 3. The van der Waals surface area contributed by atoms with Crippen molar-refractivity contribution in [1.29, 1.82) is 5.41 Å². The van der Waals surface area contributed by atoms with Crippen LogP contribution < -0.4 is 22.1 Å². The lowest BCUT2D eigenvalue weighted by Gasteiger charge is -2.45. The number of β-lactam (4-membered cyclic amide) rings is 1. The molecule has 1 aromatic heterocycles. The van der Waals surface area contributed by atoms with E-state index in [1.165, 1.54) is 24.1 Å². The van der Waals surface area contributed by atoms with Crippen molar-refractivity contribution < 1.29 is 42.1 Å².